The summed E-state index contributed by atoms with van der Waals surface area (Å²) >= 11 is 0. The van der Waals surface area contributed by atoms with E-state index in [0.29, 0.717) is 18.0 Å². The monoisotopic (exact) mass is 305 g/mol. The highest BCUT2D eigenvalue weighted by Crippen LogP contribution is 2.24. The molecule has 3 N–H and O–H groups in total. The summed E-state index contributed by atoms with van der Waals surface area (Å²) in [5.41, 5.74) is 6.03. The molecule has 6 nitrogen and oxygen atoms in total. The molecular formula is C16H23N3O3. The lowest BCUT2D eigenvalue weighted by molar-refractivity contribution is -0.127. The Balaban J connectivity index is 2.01. The average molecular weight is 305 g/mol. The average Bonchev–Trinajstić information content (AvgIpc) is 2.54. The van der Waals surface area contributed by atoms with Crippen molar-refractivity contribution >= 4 is 17.5 Å². The minimum atomic E-state index is -0.327. The number of nitrogens with two attached hydrogens (primary N) is 1. The van der Waals surface area contributed by atoms with Crippen LogP contribution < -0.4 is 15.8 Å². The van der Waals surface area contributed by atoms with Crippen molar-refractivity contribution in [3.8, 4) is 5.75 Å². The molecule has 0 aromatic heterocycles. The number of piperidine rings is 1. The molecule has 1 aromatic rings. The third-order valence-electron chi connectivity index (χ3n) is 4.15. The van der Waals surface area contributed by atoms with E-state index in [4.69, 9.17) is 10.5 Å². The number of carbonyl (C=O) groups is 2. The number of hydrogen-bond acceptors (Lipinski definition) is 4. The van der Waals surface area contributed by atoms with Crippen LogP contribution in [0.5, 0.6) is 5.75 Å². The Morgan fingerprint density at radius 2 is 2.14 bits per heavy atom. The van der Waals surface area contributed by atoms with Gasteiger partial charge in [-0.15, -0.1) is 0 Å². The number of para-hydroxylation sites is 2. The lowest BCUT2D eigenvalue weighted by Gasteiger charge is -2.34. The molecule has 1 heterocycles. The zero-order valence-electron chi connectivity index (χ0n) is 13.0. The topological polar surface area (TPSA) is 84.7 Å². The van der Waals surface area contributed by atoms with E-state index in [9.17, 15) is 9.59 Å². The lowest BCUT2D eigenvalue weighted by atomic mass is 9.96. The number of methoxy groups -OCH3 is 1. The fourth-order valence-corrected chi connectivity index (χ4v) is 2.74. The summed E-state index contributed by atoms with van der Waals surface area (Å²) in [6.07, 6.45) is 1.67. The van der Waals surface area contributed by atoms with Crippen molar-refractivity contribution in [3.63, 3.8) is 0 Å². The maximum atomic E-state index is 12.4. The summed E-state index contributed by atoms with van der Waals surface area (Å²) in [5.74, 6) is 0.0450. The van der Waals surface area contributed by atoms with Crippen molar-refractivity contribution in [2.75, 3.05) is 25.5 Å². The highest BCUT2D eigenvalue weighted by Gasteiger charge is 2.30. The van der Waals surface area contributed by atoms with Crippen LogP contribution in [0.25, 0.3) is 0 Å². The molecule has 0 bridgehead atoms. The highest BCUT2D eigenvalue weighted by molar-refractivity contribution is 5.95. The van der Waals surface area contributed by atoms with E-state index >= 15 is 0 Å². The Bertz CT molecular complexity index is 547. The van der Waals surface area contributed by atoms with Crippen LogP contribution in [0.2, 0.25) is 0 Å². The Morgan fingerprint density at radius 3 is 2.82 bits per heavy atom. The molecule has 22 heavy (non-hydrogen) atoms. The second kappa shape index (κ2) is 7.26. The van der Waals surface area contributed by atoms with Gasteiger partial charge in [0.05, 0.1) is 24.8 Å². The first-order valence-corrected chi connectivity index (χ1v) is 7.50. The fraction of sp³-hybridized carbons (Fsp3) is 0.500. The van der Waals surface area contributed by atoms with Crippen molar-refractivity contribution in [1.29, 1.82) is 0 Å². The van der Waals surface area contributed by atoms with Crippen LogP contribution in [0.4, 0.5) is 5.69 Å². The number of benzene rings is 1. The van der Waals surface area contributed by atoms with E-state index in [1.165, 1.54) is 0 Å². The summed E-state index contributed by atoms with van der Waals surface area (Å²) in [6, 6.07) is 6.95. The molecule has 1 aliphatic rings. The number of hydrogen-bond donors (Lipinski definition) is 2. The van der Waals surface area contributed by atoms with E-state index in [1.807, 2.05) is 24.0 Å². The molecule has 1 saturated heterocycles. The van der Waals surface area contributed by atoms with E-state index in [1.54, 1.807) is 19.2 Å². The molecular weight excluding hydrogens is 282 g/mol. The van der Waals surface area contributed by atoms with Crippen LogP contribution in [0.3, 0.4) is 0 Å². The Labute approximate surface area is 130 Å². The van der Waals surface area contributed by atoms with E-state index in [2.05, 4.69) is 5.32 Å². The normalized spacial score (nSPS) is 20.2. The molecule has 0 spiro atoms. The van der Waals surface area contributed by atoms with Gasteiger partial charge >= 0.3 is 0 Å². The van der Waals surface area contributed by atoms with Crippen LogP contribution in [0, 0.1) is 5.92 Å². The molecule has 0 saturated carbocycles. The number of primary amides is 1. The molecule has 2 atom stereocenters. The molecule has 2 rings (SSSR count). The number of nitrogens with zero attached hydrogens (tertiary/aromatic N) is 1. The minimum absolute atomic E-state index is 0.116. The molecule has 1 fully saturated rings. The van der Waals surface area contributed by atoms with Crippen molar-refractivity contribution < 1.29 is 14.3 Å². The standard InChI is InChI=1S/C16H23N3O3/c1-11(19-9-5-6-12(10-19)15(17)20)16(21)18-13-7-3-4-8-14(13)22-2/h3-4,7-8,11-12H,5-6,9-10H2,1-2H3,(H2,17,20)(H,18,21)/t11-,12-/m1/s1. The highest BCUT2D eigenvalue weighted by atomic mass is 16.5. The van der Waals surface area contributed by atoms with Crippen molar-refractivity contribution in [2.24, 2.45) is 11.7 Å². The number of carbonyl (C=O) groups excluding carboxylic acids is 2. The van der Waals surface area contributed by atoms with Gasteiger partial charge in [-0.3, -0.25) is 14.5 Å². The summed E-state index contributed by atoms with van der Waals surface area (Å²) in [4.78, 5) is 25.8. The fourth-order valence-electron chi connectivity index (χ4n) is 2.74. The molecule has 0 unspecified atom stereocenters. The minimum Gasteiger partial charge on any atom is -0.495 e. The van der Waals surface area contributed by atoms with Gasteiger partial charge in [0.2, 0.25) is 11.8 Å². The Morgan fingerprint density at radius 1 is 1.41 bits per heavy atom. The lowest BCUT2D eigenvalue weighted by Crippen LogP contribution is -2.49. The number of likely N-dealkylation sites (tertiary alicyclic amines) is 1. The molecule has 1 aromatic carbocycles. The third-order valence-corrected chi connectivity index (χ3v) is 4.15. The summed E-state index contributed by atoms with van der Waals surface area (Å²) in [6.45, 7) is 3.17. The summed E-state index contributed by atoms with van der Waals surface area (Å²) < 4.78 is 5.23. The Kier molecular flexibility index (Phi) is 5.38. The first kappa shape index (κ1) is 16.3. The van der Waals surface area contributed by atoms with Crippen LogP contribution in [-0.4, -0.2) is 43.0 Å². The van der Waals surface area contributed by atoms with Gasteiger partial charge < -0.3 is 15.8 Å². The molecule has 2 amide bonds. The zero-order valence-corrected chi connectivity index (χ0v) is 13.0. The first-order chi connectivity index (χ1) is 10.5. The van der Waals surface area contributed by atoms with Crippen molar-refractivity contribution in [2.45, 2.75) is 25.8 Å². The zero-order chi connectivity index (χ0) is 16.1. The predicted octanol–water partition coefficient (Wildman–Crippen LogP) is 1.22. The number of rotatable bonds is 5. The van der Waals surface area contributed by atoms with Crippen LogP contribution in [-0.2, 0) is 9.59 Å². The van der Waals surface area contributed by atoms with Gasteiger partial charge in [0.1, 0.15) is 5.75 Å². The number of nitrogens with one attached hydrogen (secondary N) is 1. The smallest absolute Gasteiger partial charge is 0.241 e. The largest absolute Gasteiger partial charge is 0.495 e. The van der Waals surface area contributed by atoms with Gasteiger partial charge in [0, 0.05) is 6.54 Å². The number of anilines is 1. The number of amides is 2. The van der Waals surface area contributed by atoms with Gasteiger partial charge in [0.15, 0.2) is 0 Å². The molecule has 120 valence electrons. The molecule has 0 aliphatic carbocycles. The van der Waals surface area contributed by atoms with Crippen LogP contribution >= 0.6 is 0 Å². The van der Waals surface area contributed by atoms with Crippen molar-refractivity contribution in [3.05, 3.63) is 24.3 Å². The van der Waals surface area contributed by atoms with Crippen LogP contribution in [0.15, 0.2) is 24.3 Å². The van der Waals surface area contributed by atoms with E-state index in [0.717, 1.165) is 19.4 Å². The van der Waals surface area contributed by atoms with E-state index in [-0.39, 0.29) is 23.8 Å². The van der Waals surface area contributed by atoms with Gasteiger partial charge in [-0.1, -0.05) is 12.1 Å². The third kappa shape index (κ3) is 3.76. The maximum Gasteiger partial charge on any atom is 0.241 e. The van der Waals surface area contributed by atoms with Gasteiger partial charge in [0.25, 0.3) is 0 Å². The second-order valence-corrected chi connectivity index (χ2v) is 5.60. The quantitative estimate of drug-likeness (QED) is 0.856. The number of ether oxygens (including phenoxy) is 1. The maximum absolute atomic E-state index is 12.4. The van der Waals surface area contributed by atoms with Crippen molar-refractivity contribution in [1.82, 2.24) is 4.90 Å². The van der Waals surface area contributed by atoms with Gasteiger partial charge in [-0.25, -0.2) is 0 Å². The van der Waals surface area contributed by atoms with Gasteiger partial charge in [-0.2, -0.15) is 0 Å². The predicted molar refractivity (Wildman–Crippen MR) is 84.6 cm³/mol. The summed E-state index contributed by atoms with van der Waals surface area (Å²) in [7, 11) is 1.57. The summed E-state index contributed by atoms with van der Waals surface area (Å²) in [5, 5.41) is 2.88. The van der Waals surface area contributed by atoms with Gasteiger partial charge in [-0.05, 0) is 38.4 Å². The first-order valence-electron chi connectivity index (χ1n) is 7.50. The van der Waals surface area contributed by atoms with Crippen LogP contribution in [0.1, 0.15) is 19.8 Å². The second-order valence-electron chi connectivity index (χ2n) is 5.60. The molecule has 0 radical (unpaired) electrons. The molecule has 6 heteroatoms. The van der Waals surface area contributed by atoms with E-state index < -0.39 is 0 Å². The Hall–Kier alpha value is -2.08. The SMILES string of the molecule is COc1ccccc1NC(=O)[C@@H](C)N1CCC[C@@H](C(N)=O)C1. The molecule has 1 aliphatic heterocycles.